The van der Waals surface area contributed by atoms with Gasteiger partial charge in [0.2, 0.25) is 0 Å². The maximum atomic E-state index is 12.5. The number of rotatable bonds is 4. The standard InChI is InChI=1S/C12H20F3NO2/c13-12(14,15)9-16(8-11(17)18)10-6-4-2-1-3-5-7-10/h10H,1-9H2,(H,17,18). The molecule has 1 aliphatic carbocycles. The van der Waals surface area contributed by atoms with E-state index in [4.69, 9.17) is 5.11 Å². The summed E-state index contributed by atoms with van der Waals surface area (Å²) in [4.78, 5) is 11.8. The third-order valence-corrected chi connectivity index (χ3v) is 3.31. The predicted molar refractivity (Wildman–Crippen MR) is 61.4 cm³/mol. The van der Waals surface area contributed by atoms with Crippen molar-refractivity contribution in [3.8, 4) is 0 Å². The lowest BCUT2D eigenvalue weighted by Gasteiger charge is -2.32. The van der Waals surface area contributed by atoms with E-state index in [-0.39, 0.29) is 6.04 Å². The van der Waals surface area contributed by atoms with Crippen LogP contribution in [0.15, 0.2) is 0 Å². The monoisotopic (exact) mass is 267 g/mol. The highest BCUT2D eigenvalue weighted by Crippen LogP contribution is 2.25. The molecule has 0 unspecified atom stereocenters. The first kappa shape index (κ1) is 15.3. The van der Waals surface area contributed by atoms with Gasteiger partial charge in [-0.2, -0.15) is 13.2 Å². The van der Waals surface area contributed by atoms with Gasteiger partial charge in [-0.3, -0.25) is 9.69 Å². The van der Waals surface area contributed by atoms with Gasteiger partial charge in [0.1, 0.15) is 0 Å². The molecule has 0 radical (unpaired) electrons. The average molecular weight is 267 g/mol. The van der Waals surface area contributed by atoms with Crippen LogP contribution in [0.2, 0.25) is 0 Å². The van der Waals surface area contributed by atoms with Crippen molar-refractivity contribution in [2.24, 2.45) is 0 Å². The fraction of sp³-hybridized carbons (Fsp3) is 0.917. The summed E-state index contributed by atoms with van der Waals surface area (Å²) >= 11 is 0. The maximum Gasteiger partial charge on any atom is 0.401 e. The van der Waals surface area contributed by atoms with E-state index in [1.54, 1.807) is 0 Å². The van der Waals surface area contributed by atoms with Crippen LogP contribution in [0.4, 0.5) is 13.2 Å². The lowest BCUT2D eigenvalue weighted by Crippen LogP contribution is -2.44. The van der Waals surface area contributed by atoms with Crippen LogP contribution in [-0.4, -0.2) is 41.3 Å². The number of aliphatic carboxylic acids is 1. The normalized spacial score (nSPS) is 19.6. The van der Waals surface area contributed by atoms with Gasteiger partial charge in [0, 0.05) is 6.04 Å². The molecular weight excluding hydrogens is 247 g/mol. The molecule has 0 atom stereocenters. The molecule has 6 heteroatoms. The van der Waals surface area contributed by atoms with Crippen LogP contribution in [0.1, 0.15) is 44.9 Å². The van der Waals surface area contributed by atoms with Crippen molar-refractivity contribution < 1.29 is 23.1 Å². The van der Waals surface area contributed by atoms with Crippen molar-refractivity contribution in [1.29, 1.82) is 0 Å². The number of nitrogens with zero attached hydrogens (tertiary/aromatic N) is 1. The summed E-state index contributed by atoms with van der Waals surface area (Å²) in [6, 6.07) is -0.247. The van der Waals surface area contributed by atoms with E-state index in [0.717, 1.165) is 37.0 Å². The number of hydrogen-bond donors (Lipinski definition) is 1. The molecule has 0 heterocycles. The van der Waals surface area contributed by atoms with Crippen molar-refractivity contribution in [2.45, 2.75) is 57.2 Å². The highest BCUT2D eigenvalue weighted by molar-refractivity contribution is 5.69. The molecule has 0 aromatic heterocycles. The number of carboxylic acids is 1. The van der Waals surface area contributed by atoms with Crippen molar-refractivity contribution in [3.05, 3.63) is 0 Å². The quantitative estimate of drug-likeness (QED) is 0.851. The Morgan fingerprint density at radius 2 is 1.61 bits per heavy atom. The zero-order valence-corrected chi connectivity index (χ0v) is 10.4. The minimum Gasteiger partial charge on any atom is -0.480 e. The molecule has 1 aliphatic rings. The molecule has 1 rings (SSSR count). The van der Waals surface area contributed by atoms with Gasteiger partial charge in [0.15, 0.2) is 0 Å². The number of hydrogen-bond acceptors (Lipinski definition) is 2. The van der Waals surface area contributed by atoms with Crippen LogP contribution in [0.5, 0.6) is 0 Å². The van der Waals surface area contributed by atoms with Gasteiger partial charge < -0.3 is 5.11 Å². The molecular formula is C12H20F3NO2. The molecule has 18 heavy (non-hydrogen) atoms. The predicted octanol–water partition coefficient (Wildman–Crippen LogP) is 3.05. The highest BCUT2D eigenvalue weighted by Gasteiger charge is 2.34. The Kier molecular flexibility index (Phi) is 5.91. The van der Waals surface area contributed by atoms with Gasteiger partial charge in [-0.1, -0.05) is 32.1 Å². The van der Waals surface area contributed by atoms with Crippen LogP contribution in [0, 0.1) is 0 Å². The van der Waals surface area contributed by atoms with Crippen LogP contribution < -0.4 is 0 Å². The summed E-state index contributed by atoms with van der Waals surface area (Å²) in [6.45, 7) is -1.64. The molecule has 0 aromatic carbocycles. The summed E-state index contributed by atoms with van der Waals surface area (Å²) in [5.41, 5.74) is 0. The summed E-state index contributed by atoms with van der Waals surface area (Å²) in [7, 11) is 0. The summed E-state index contributed by atoms with van der Waals surface area (Å²) in [6.07, 6.45) is 1.97. The summed E-state index contributed by atoms with van der Waals surface area (Å²) in [5.74, 6) is -1.19. The number of carbonyl (C=O) groups is 1. The Morgan fingerprint density at radius 3 is 2.06 bits per heavy atom. The van der Waals surface area contributed by atoms with E-state index >= 15 is 0 Å². The van der Waals surface area contributed by atoms with Gasteiger partial charge in [0.05, 0.1) is 13.1 Å². The Balaban J connectivity index is 2.63. The second-order valence-corrected chi connectivity index (χ2v) is 4.91. The van der Waals surface area contributed by atoms with Crippen LogP contribution in [0.25, 0.3) is 0 Å². The lowest BCUT2D eigenvalue weighted by atomic mass is 9.95. The van der Waals surface area contributed by atoms with Crippen LogP contribution in [-0.2, 0) is 4.79 Å². The van der Waals surface area contributed by atoms with Gasteiger partial charge in [0.25, 0.3) is 0 Å². The van der Waals surface area contributed by atoms with Crippen molar-refractivity contribution in [1.82, 2.24) is 4.90 Å². The summed E-state index contributed by atoms with van der Waals surface area (Å²) in [5, 5.41) is 8.73. The van der Waals surface area contributed by atoms with Crippen molar-refractivity contribution >= 4 is 5.97 Å². The van der Waals surface area contributed by atoms with Crippen LogP contribution in [0.3, 0.4) is 0 Å². The molecule has 0 bridgehead atoms. The molecule has 0 aliphatic heterocycles. The smallest absolute Gasteiger partial charge is 0.401 e. The van der Waals surface area contributed by atoms with Gasteiger partial charge in [-0.25, -0.2) is 0 Å². The Morgan fingerprint density at radius 1 is 1.11 bits per heavy atom. The first-order chi connectivity index (χ1) is 8.38. The molecule has 0 amide bonds. The van der Waals surface area contributed by atoms with E-state index in [1.165, 1.54) is 0 Å². The highest BCUT2D eigenvalue weighted by atomic mass is 19.4. The zero-order valence-electron chi connectivity index (χ0n) is 10.4. The first-order valence-electron chi connectivity index (χ1n) is 6.41. The third-order valence-electron chi connectivity index (χ3n) is 3.31. The van der Waals surface area contributed by atoms with E-state index in [9.17, 15) is 18.0 Å². The molecule has 106 valence electrons. The average Bonchev–Trinajstić information content (AvgIpc) is 2.12. The SMILES string of the molecule is O=C(O)CN(CC(F)(F)F)C1CCCCCCC1. The Bertz CT molecular complexity index is 261. The van der Waals surface area contributed by atoms with E-state index in [0.29, 0.717) is 12.8 Å². The lowest BCUT2D eigenvalue weighted by molar-refractivity contribution is -0.159. The van der Waals surface area contributed by atoms with Gasteiger partial charge in [-0.15, -0.1) is 0 Å². The Labute approximate surface area is 105 Å². The van der Waals surface area contributed by atoms with E-state index in [1.807, 2.05) is 0 Å². The second-order valence-electron chi connectivity index (χ2n) is 4.91. The fourth-order valence-electron chi connectivity index (χ4n) is 2.52. The molecule has 1 N–H and O–H groups in total. The minimum absolute atomic E-state index is 0.247. The number of halogens is 3. The molecule has 3 nitrogen and oxygen atoms in total. The molecule has 0 saturated heterocycles. The van der Waals surface area contributed by atoms with Crippen molar-refractivity contribution in [3.63, 3.8) is 0 Å². The fourth-order valence-corrected chi connectivity index (χ4v) is 2.52. The Hall–Kier alpha value is -0.780. The topological polar surface area (TPSA) is 40.5 Å². The summed E-state index contributed by atoms with van der Waals surface area (Å²) < 4.78 is 37.4. The first-order valence-corrected chi connectivity index (χ1v) is 6.41. The second kappa shape index (κ2) is 6.97. The maximum absolute atomic E-state index is 12.5. The number of alkyl halides is 3. The molecule has 0 spiro atoms. The molecule has 1 saturated carbocycles. The zero-order chi connectivity index (χ0) is 13.6. The third kappa shape index (κ3) is 6.23. The van der Waals surface area contributed by atoms with Gasteiger partial charge in [-0.05, 0) is 12.8 Å². The van der Waals surface area contributed by atoms with E-state index in [2.05, 4.69) is 0 Å². The van der Waals surface area contributed by atoms with Crippen molar-refractivity contribution in [2.75, 3.05) is 13.1 Å². The number of carboxylic acid groups (broad SMARTS) is 1. The van der Waals surface area contributed by atoms with Crippen LogP contribution >= 0.6 is 0 Å². The van der Waals surface area contributed by atoms with Gasteiger partial charge >= 0.3 is 12.1 Å². The minimum atomic E-state index is -4.34. The largest absolute Gasteiger partial charge is 0.480 e. The molecule has 1 fully saturated rings. The van der Waals surface area contributed by atoms with E-state index < -0.39 is 25.2 Å². The molecule has 0 aromatic rings.